The minimum atomic E-state index is -0.692. The molecular weight excluding hydrogens is 322 g/mol. The third-order valence-electron chi connectivity index (χ3n) is 3.76. The van der Waals surface area contributed by atoms with Crippen LogP contribution in [0.1, 0.15) is 20.8 Å². The lowest BCUT2D eigenvalue weighted by molar-refractivity contribution is 0.0602. The van der Waals surface area contributed by atoms with Gasteiger partial charge in [0, 0.05) is 12.4 Å². The fourth-order valence-corrected chi connectivity index (χ4v) is 2.53. The zero-order chi connectivity index (χ0) is 18.0. The van der Waals surface area contributed by atoms with Gasteiger partial charge in [-0.2, -0.15) is 5.10 Å². The van der Waals surface area contributed by atoms with E-state index in [0.717, 1.165) is 0 Å². The molecule has 1 N–H and O–H groups in total. The van der Waals surface area contributed by atoms with Crippen LogP contribution in [0.15, 0.2) is 53.3 Å². The Balaban J connectivity index is 2.04. The summed E-state index contributed by atoms with van der Waals surface area (Å²) in [5.41, 5.74) is 0.342. The quantitative estimate of drug-likeness (QED) is 0.738. The van der Waals surface area contributed by atoms with Crippen molar-refractivity contribution in [1.29, 1.82) is 0 Å². The maximum absolute atomic E-state index is 12.6. The number of ether oxygens (including phenoxy) is 1. The fourth-order valence-electron chi connectivity index (χ4n) is 2.53. The van der Waals surface area contributed by atoms with Crippen molar-refractivity contribution in [2.45, 2.75) is 0 Å². The number of nitrogens with zero attached hydrogens (tertiary/aromatic N) is 2. The highest BCUT2D eigenvalue weighted by Crippen LogP contribution is 2.17. The molecule has 0 fully saturated rings. The number of esters is 1. The Hall–Kier alpha value is -3.48. The lowest BCUT2D eigenvalue weighted by Gasteiger charge is -2.10. The maximum atomic E-state index is 12.6. The molecule has 0 spiro atoms. The minimum Gasteiger partial charge on any atom is -0.465 e. The molecule has 1 amide bonds. The highest BCUT2D eigenvalue weighted by molar-refractivity contribution is 6.07. The van der Waals surface area contributed by atoms with Crippen molar-refractivity contribution in [2.75, 3.05) is 12.4 Å². The molecule has 25 heavy (non-hydrogen) atoms. The first-order valence-electron chi connectivity index (χ1n) is 7.47. The van der Waals surface area contributed by atoms with E-state index in [0.29, 0.717) is 10.9 Å². The van der Waals surface area contributed by atoms with Gasteiger partial charge in [-0.25, -0.2) is 4.79 Å². The number of hydrogen-bond donors (Lipinski definition) is 1. The second kappa shape index (κ2) is 6.56. The Morgan fingerprint density at radius 1 is 1.08 bits per heavy atom. The van der Waals surface area contributed by atoms with Crippen LogP contribution in [-0.2, 0) is 11.8 Å². The number of aryl methyl sites for hydroxylation is 1. The monoisotopic (exact) mass is 337 g/mol. The van der Waals surface area contributed by atoms with E-state index in [1.807, 2.05) is 0 Å². The van der Waals surface area contributed by atoms with Gasteiger partial charge >= 0.3 is 5.97 Å². The summed E-state index contributed by atoms with van der Waals surface area (Å²) in [6.45, 7) is 0. The molecule has 1 aromatic heterocycles. The van der Waals surface area contributed by atoms with E-state index in [1.54, 1.807) is 49.5 Å². The number of amides is 1. The zero-order valence-electron chi connectivity index (χ0n) is 13.6. The number of methoxy groups -OCH3 is 1. The summed E-state index contributed by atoms with van der Waals surface area (Å²) in [4.78, 5) is 36.9. The van der Waals surface area contributed by atoms with Crippen LogP contribution in [0.4, 0.5) is 5.69 Å². The molecule has 126 valence electrons. The summed E-state index contributed by atoms with van der Waals surface area (Å²) in [6.07, 6.45) is 0. The number of nitrogens with one attached hydrogen (secondary N) is 1. The molecule has 0 radical (unpaired) electrons. The van der Waals surface area contributed by atoms with Gasteiger partial charge in [0.15, 0.2) is 5.69 Å². The molecule has 0 aliphatic rings. The van der Waals surface area contributed by atoms with Gasteiger partial charge in [0.2, 0.25) is 5.43 Å². The predicted octanol–water partition coefficient (Wildman–Crippen LogP) is 1.97. The summed E-state index contributed by atoms with van der Waals surface area (Å²) in [7, 11) is 2.91. The van der Waals surface area contributed by atoms with Crippen LogP contribution in [0.25, 0.3) is 10.9 Å². The Labute approximate surface area is 142 Å². The summed E-state index contributed by atoms with van der Waals surface area (Å²) in [6, 6.07) is 13.3. The Kier molecular flexibility index (Phi) is 4.30. The standard InChI is InChI=1S/C18H15N3O4/c1-21-14-10-6-4-8-12(14)16(22)15(20-21)17(23)19-13-9-5-3-7-11(13)18(24)25-2/h3-10H,1-2H3,(H,19,23). The van der Waals surface area contributed by atoms with Crippen LogP contribution < -0.4 is 10.7 Å². The van der Waals surface area contributed by atoms with Crippen molar-refractivity contribution in [3.63, 3.8) is 0 Å². The molecule has 0 bridgehead atoms. The first kappa shape index (κ1) is 16.4. The first-order chi connectivity index (χ1) is 12.0. The van der Waals surface area contributed by atoms with Gasteiger partial charge in [0.05, 0.1) is 23.9 Å². The van der Waals surface area contributed by atoms with Crippen molar-refractivity contribution in [3.8, 4) is 0 Å². The molecule has 0 atom stereocenters. The molecule has 3 rings (SSSR count). The van der Waals surface area contributed by atoms with E-state index in [9.17, 15) is 14.4 Å². The topological polar surface area (TPSA) is 90.3 Å². The first-order valence-corrected chi connectivity index (χ1v) is 7.47. The number of hydrogen-bond acceptors (Lipinski definition) is 5. The summed E-state index contributed by atoms with van der Waals surface area (Å²) >= 11 is 0. The molecule has 0 aliphatic carbocycles. The number of anilines is 1. The van der Waals surface area contributed by atoms with E-state index < -0.39 is 17.3 Å². The molecule has 0 saturated heterocycles. The number of aromatic nitrogens is 2. The van der Waals surface area contributed by atoms with Crippen LogP contribution in [-0.4, -0.2) is 28.8 Å². The number of carbonyl (C=O) groups is 2. The number of benzene rings is 2. The van der Waals surface area contributed by atoms with Crippen molar-refractivity contribution in [2.24, 2.45) is 7.05 Å². The summed E-state index contributed by atoms with van der Waals surface area (Å²) < 4.78 is 6.16. The van der Waals surface area contributed by atoms with Crippen LogP contribution in [0.5, 0.6) is 0 Å². The third-order valence-corrected chi connectivity index (χ3v) is 3.76. The predicted molar refractivity (Wildman–Crippen MR) is 92.7 cm³/mol. The van der Waals surface area contributed by atoms with Crippen molar-refractivity contribution in [3.05, 3.63) is 70.0 Å². The zero-order valence-corrected chi connectivity index (χ0v) is 13.6. The molecule has 0 unspecified atom stereocenters. The average Bonchev–Trinajstić information content (AvgIpc) is 2.64. The maximum Gasteiger partial charge on any atom is 0.339 e. The van der Waals surface area contributed by atoms with E-state index in [4.69, 9.17) is 4.74 Å². The van der Waals surface area contributed by atoms with Gasteiger partial charge in [0.25, 0.3) is 5.91 Å². The third kappa shape index (κ3) is 2.99. The average molecular weight is 337 g/mol. The van der Waals surface area contributed by atoms with Crippen molar-refractivity contribution in [1.82, 2.24) is 9.78 Å². The highest BCUT2D eigenvalue weighted by Gasteiger charge is 2.19. The normalized spacial score (nSPS) is 10.5. The highest BCUT2D eigenvalue weighted by atomic mass is 16.5. The van der Waals surface area contributed by atoms with Gasteiger partial charge in [-0.1, -0.05) is 24.3 Å². The van der Waals surface area contributed by atoms with Crippen LogP contribution in [0.2, 0.25) is 0 Å². The second-order valence-electron chi connectivity index (χ2n) is 5.31. The molecule has 0 saturated carbocycles. The van der Waals surface area contributed by atoms with Crippen LogP contribution in [0, 0.1) is 0 Å². The smallest absolute Gasteiger partial charge is 0.339 e. The Bertz CT molecular complexity index is 1040. The van der Waals surface area contributed by atoms with Gasteiger partial charge in [-0.15, -0.1) is 0 Å². The van der Waals surface area contributed by atoms with E-state index in [1.165, 1.54) is 17.9 Å². The largest absolute Gasteiger partial charge is 0.465 e. The van der Waals surface area contributed by atoms with E-state index in [-0.39, 0.29) is 16.9 Å². The van der Waals surface area contributed by atoms with Crippen molar-refractivity contribution >= 4 is 28.5 Å². The second-order valence-corrected chi connectivity index (χ2v) is 5.31. The van der Waals surface area contributed by atoms with Gasteiger partial charge < -0.3 is 10.1 Å². The van der Waals surface area contributed by atoms with E-state index >= 15 is 0 Å². The number of rotatable bonds is 3. The van der Waals surface area contributed by atoms with Gasteiger partial charge in [-0.05, 0) is 24.3 Å². The summed E-state index contributed by atoms with van der Waals surface area (Å²) in [5.74, 6) is -1.28. The van der Waals surface area contributed by atoms with Gasteiger partial charge in [0.1, 0.15) is 0 Å². The van der Waals surface area contributed by atoms with E-state index in [2.05, 4.69) is 10.4 Å². The van der Waals surface area contributed by atoms with Crippen LogP contribution in [0.3, 0.4) is 0 Å². The molecule has 3 aromatic rings. The Morgan fingerprint density at radius 3 is 2.52 bits per heavy atom. The lowest BCUT2D eigenvalue weighted by atomic mass is 10.1. The molecule has 1 heterocycles. The number of fused-ring (bicyclic) bond motifs is 1. The lowest BCUT2D eigenvalue weighted by Crippen LogP contribution is -2.27. The fraction of sp³-hybridized carbons (Fsp3) is 0.111. The van der Waals surface area contributed by atoms with Gasteiger partial charge in [-0.3, -0.25) is 14.3 Å². The molecule has 2 aromatic carbocycles. The summed E-state index contributed by atoms with van der Waals surface area (Å²) in [5, 5.41) is 7.02. The SMILES string of the molecule is COC(=O)c1ccccc1NC(=O)c1nn(C)c2ccccc2c1=O. The molecular formula is C18H15N3O4. The molecule has 7 heteroatoms. The molecule has 0 aliphatic heterocycles. The number of para-hydroxylation sites is 2. The minimum absolute atomic E-state index is 0.191. The van der Waals surface area contributed by atoms with Crippen molar-refractivity contribution < 1.29 is 14.3 Å². The number of carbonyl (C=O) groups excluding carboxylic acids is 2. The Morgan fingerprint density at radius 2 is 1.76 bits per heavy atom. The molecule has 7 nitrogen and oxygen atoms in total. The van der Waals surface area contributed by atoms with Crippen LogP contribution >= 0.6 is 0 Å².